The number of hydrogen-bond donors (Lipinski definition) is 2. The van der Waals surface area contributed by atoms with E-state index in [-0.39, 0.29) is 24.4 Å². The zero-order chi connectivity index (χ0) is 12.0. The first-order valence-electron chi connectivity index (χ1n) is 5.36. The fourth-order valence-corrected chi connectivity index (χ4v) is 1.62. The van der Waals surface area contributed by atoms with Crippen LogP contribution in [0.4, 0.5) is 0 Å². The first-order chi connectivity index (χ1) is 7.63. The van der Waals surface area contributed by atoms with Crippen LogP contribution in [0.2, 0.25) is 0 Å². The van der Waals surface area contributed by atoms with Crippen molar-refractivity contribution in [1.82, 2.24) is 15.5 Å². The van der Waals surface area contributed by atoms with Gasteiger partial charge >= 0.3 is 0 Å². The Morgan fingerprint density at radius 1 is 1.62 bits per heavy atom. The van der Waals surface area contributed by atoms with Gasteiger partial charge in [-0.3, -0.25) is 9.59 Å². The van der Waals surface area contributed by atoms with Crippen LogP contribution in [0.1, 0.15) is 6.42 Å². The topological polar surface area (TPSA) is 70.7 Å². The maximum absolute atomic E-state index is 11.4. The number of likely N-dealkylation sites (N-methyl/N-ethyl adjacent to an activating group) is 1. The number of amides is 2. The zero-order valence-electron chi connectivity index (χ0n) is 9.78. The van der Waals surface area contributed by atoms with Crippen LogP contribution in [0.25, 0.3) is 0 Å². The van der Waals surface area contributed by atoms with Crippen LogP contribution in [0.15, 0.2) is 0 Å². The Balaban J connectivity index is 2.13. The van der Waals surface area contributed by atoms with Gasteiger partial charge in [-0.1, -0.05) is 0 Å². The van der Waals surface area contributed by atoms with Gasteiger partial charge in [0.1, 0.15) is 0 Å². The molecule has 0 spiro atoms. The second kappa shape index (κ2) is 6.44. The number of carbonyl (C=O) groups is 2. The molecule has 1 fully saturated rings. The van der Waals surface area contributed by atoms with E-state index in [4.69, 9.17) is 4.74 Å². The molecule has 0 radical (unpaired) electrons. The van der Waals surface area contributed by atoms with E-state index in [1.54, 1.807) is 19.1 Å². The van der Waals surface area contributed by atoms with Crippen molar-refractivity contribution >= 4 is 11.8 Å². The summed E-state index contributed by atoms with van der Waals surface area (Å²) in [5.41, 5.74) is 0. The molecule has 0 aromatic rings. The van der Waals surface area contributed by atoms with Crippen LogP contribution < -0.4 is 10.6 Å². The molecule has 2 amide bonds. The van der Waals surface area contributed by atoms with Crippen LogP contribution in [0.5, 0.6) is 0 Å². The molecule has 1 rings (SSSR count). The van der Waals surface area contributed by atoms with Crippen LogP contribution in [0, 0.1) is 0 Å². The second-order valence-electron chi connectivity index (χ2n) is 3.91. The molecule has 1 saturated heterocycles. The van der Waals surface area contributed by atoms with Crippen molar-refractivity contribution in [3.63, 3.8) is 0 Å². The molecule has 1 heterocycles. The van der Waals surface area contributed by atoms with Crippen molar-refractivity contribution in [2.45, 2.75) is 12.5 Å². The van der Waals surface area contributed by atoms with Crippen molar-refractivity contribution in [1.29, 1.82) is 0 Å². The first kappa shape index (κ1) is 12.9. The predicted molar refractivity (Wildman–Crippen MR) is 58.9 cm³/mol. The Bertz CT molecular complexity index is 258. The molecular weight excluding hydrogens is 210 g/mol. The first-order valence-corrected chi connectivity index (χ1v) is 5.36. The third-order valence-corrected chi connectivity index (χ3v) is 2.47. The fraction of sp³-hybridized carbons (Fsp3) is 0.800. The molecule has 0 aromatic heterocycles. The highest BCUT2D eigenvalue weighted by Gasteiger charge is 2.27. The highest BCUT2D eigenvalue weighted by Crippen LogP contribution is 2.07. The molecule has 1 aliphatic heterocycles. The van der Waals surface area contributed by atoms with E-state index in [2.05, 4.69) is 10.6 Å². The molecule has 0 aromatic carbocycles. The lowest BCUT2D eigenvalue weighted by Gasteiger charge is -2.12. The van der Waals surface area contributed by atoms with Crippen LogP contribution in [0.3, 0.4) is 0 Å². The van der Waals surface area contributed by atoms with Crippen LogP contribution in [-0.2, 0) is 14.3 Å². The molecule has 0 aliphatic carbocycles. The van der Waals surface area contributed by atoms with Gasteiger partial charge in [0.15, 0.2) is 0 Å². The molecule has 6 nitrogen and oxygen atoms in total. The Morgan fingerprint density at radius 2 is 2.38 bits per heavy atom. The van der Waals surface area contributed by atoms with Crippen LogP contribution >= 0.6 is 0 Å². The van der Waals surface area contributed by atoms with Gasteiger partial charge in [0, 0.05) is 33.7 Å². The predicted octanol–water partition coefficient (Wildman–Crippen LogP) is -1.43. The van der Waals surface area contributed by atoms with Gasteiger partial charge in [-0.25, -0.2) is 0 Å². The van der Waals surface area contributed by atoms with E-state index in [0.29, 0.717) is 26.1 Å². The van der Waals surface area contributed by atoms with Gasteiger partial charge in [-0.05, 0) is 0 Å². The minimum Gasteiger partial charge on any atom is -0.383 e. The average molecular weight is 229 g/mol. The molecule has 2 N–H and O–H groups in total. The zero-order valence-corrected chi connectivity index (χ0v) is 9.78. The molecule has 6 heteroatoms. The van der Waals surface area contributed by atoms with E-state index in [1.807, 2.05) is 0 Å². The lowest BCUT2D eigenvalue weighted by Crippen LogP contribution is -2.42. The van der Waals surface area contributed by atoms with Crippen molar-refractivity contribution in [2.24, 2.45) is 0 Å². The smallest absolute Gasteiger partial charge is 0.234 e. The molecule has 1 unspecified atom stereocenters. The summed E-state index contributed by atoms with van der Waals surface area (Å²) in [6, 6.07) is -0.0470. The highest BCUT2D eigenvalue weighted by atomic mass is 16.5. The average Bonchev–Trinajstić information content (AvgIpc) is 2.53. The summed E-state index contributed by atoms with van der Waals surface area (Å²) in [5, 5.41) is 5.76. The molecule has 0 bridgehead atoms. The second-order valence-corrected chi connectivity index (χ2v) is 3.91. The lowest BCUT2D eigenvalue weighted by molar-refractivity contribution is -0.126. The minimum atomic E-state index is -0.0794. The third-order valence-electron chi connectivity index (χ3n) is 2.47. The van der Waals surface area contributed by atoms with Gasteiger partial charge in [0.25, 0.3) is 0 Å². The van der Waals surface area contributed by atoms with Crippen molar-refractivity contribution in [3.05, 3.63) is 0 Å². The summed E-state index contributed by atoms with van der Waals surface area (Å²) < 4.78 is 4.84. The van der Waals surface area contributed by atoms with E-state index in [1.165, 1.54) is 0 Å². The number of likely N-dealkylation sites (tertiary alicyclic amines) is 1. The number of methoxy groups -OCH3 is 1. The standard InChI is InChI=1S/C10H19N3O3/c1-13-7-8(5-10(13)15)12-9(14)6-11-3-4-16-2/h8,11H,3-7H2,1-2H3,(H,12,14). The summed E-state index contributed by atoms with van der Waals surface area (Å²) in [6.07, 6.45) is 0.403. The van der Waals surface area contributed by atoms with Crippen molar-refractivity contribution < 1.29 is 14.3 Å². The Labute approximate surface area is 95.3 Å². The highest BCUT2D eigenvalue weighted by molar-refractivity contribution is 5.82. The maximum atomic E-state index is 11.4. The number of hydrogen-bond acceptors (Lipinski definition) is 4. The van der Waals surface area contributed by atoms with Crippen LogP contribution in [-0.4, -0.2) is 63.2 Å². The summed E-state index contributed by atoms with van der Waals surface area (Å²) in [7, 11) is 3.35. The Kier molecular flexibility index (Phi) is 5.21. The monoisotopic (exact) mass is 229 g/mol. The van der Waals surface area contributed by atoms with Crippen molar-refractivity contribution in [3.8, 4) is 0 Å². The van der Waals surface area contributed by atoms with E-state index in [0.717, 1.165) is 0 Å². The third kappa shape index (κ3) is 4.16. The largest absolute Gasteiger partial charge is 0.383 e. The quantitative estimate of drug-likeness (QED) is 0.548. The molecule has 0 saturated carbocycles. The van der Waals surface area contributed by atoms with E-state index < -0.39 is 0 Å². The van der Waals surface area contributed by atoms with Gasteiger partial charge in [0.2, 0.25) is 11.8 Å². The number of carbonyl (C=O) groups excluding carboxylic acids is 2. The Morgan fingerprint density at radius 3 is 2.94 bits per heavy atom. The number of ether oxygens (including phenoxy) is 1. The summed E-state index contributed by atoms with van der Waals surface area (Å²) >= 11 is 0. The number of rotatable bonds is 6. The molecule has 16 heavy (non-hydrogen) atoms. The Hall–Kier alpha value is -1.14. The molecular formula is C10H19N3O3. The molecule has 1 aliphatic rings. The lowest BCUT2D eigenvalue weighted by atomic mass is 10.2. The number of nitrogens with zero attached hydrogens (tertiary/aromatic N) is 1. The number of nitrogens with one attached hydrogen (secondary N) is 2. The van der Waals surface area contributed by atoms with Gasteiger partial charge in [-0.2, -0.15) is 0 Å². The van der Waals surface area contributed by atoms with Gasteiger partial charge in [-0.15, -0.1) is 0 Å². The molecule has 92 valence electrons. The fourth-order valence-electron chi connectivity index (χ4n) is 1.62. The SMILES string of the molecule is COCCNCC(=O)NC1CC(=O)N(C)C1. The van der Waals surface area contributed by atoms with E-state index >= 15 is 0 Å². The summed E-state index contributed by atoms with van der Waals surface area (Å²) in [4.78, 5) is 24.3. The van der Waals surface area contributed by atoms with Gasteiger partial charge < -0.3 is 20.3 Å². The van der Waals surface area contributed by atoms with Crippen molar-refractivity contribution in [2.75, 3.05) is 40.4 Å². The maximum Gasteiger partial charge on any atom is 0.234 e. The molecule has 1 atom stereocenters. The van der Waals surface area contributed by atoms with Gasteiger partial charge in [0.05, 0.1) is 19.2 Å². The summed E-state index contributed by atoms with van der Waals surface area (Å²) in [5.74, 6) is 0.00171. The normalized spacial score (nSPS) is 20.2. The minimum absolute atomic E-state index is 0.0470. The van der Waals surface area contributed by atoms with E-state index in [9.17, 15) is 9.59 Å². The summed E-state index contributed by atoms with van der Waals surface area (Å²) in [6.45, 7) is 2.09.